The van der Waals surface area contributed by atoms with Gasteiger partial charge in [0.1, 0.15) is 18.0 Å². The number of carbonyl (C=O) groups is 1. The molecule has 0 spiro atoms. The van der Waals surface area contributed by atoms with Crippen LogP contribution in [0.4, 0.5) is 0 Å². The Balaban J connectivity index is 1.89. The fourth-order valence-electron chi connectivity index (χ4n) is 3.71. The Labute approximate surface area is 183 Å². The van der Waals surface area contributed by atoms with E-state index in [1.54, 1.807) is 29.6 Å². The van der Waals surface area contributed by atoms with Crippen molar-refractivity contribution in [3.63, 3.8) is 0 Å². The molecule has 8 nitrogen and oxygen atoms in total. The largest absolute Gasteiger partial charge is 0.472 e. The Morgan fingerprint density at radius 3 is 2.77 bits per heavy atom. The predicted molar refractivity (Wildman–Crippen MR) is 118 cm³/mol. The third-order valence-corrected chi connectivity index (χ3v) is 5.46. The average molecular weight is 426 g/mol. The number of pyridine rings is 1. The van der Waals surface area contributed by atoms with Crippen LogP contribution in [0.25, 0.3) is 6.08 Å². The Kier molecular flexibility index (Phi) is 7.70. The number of carbonyl (C=O) groups excluding carboxylic acids is 1. The number of amides is 1. The molecule has 1 amide bonds. The van der Waals surface area contributed by atoms with E-state index in [0.29, 0.717) is 31.1 Å². The van der Waals surface area contributed by atoms with Crippen LogP contribution < -0.4 is 4.74 Å². The van der Waals surface area contributed by atoms with Crippen molar-refractivity contribution >= 4 is 12.0 Å². The van der Waals surface area contributed by atoms with Crippen LogP contribution in [0.5, 0.6) is 5.88 Å². The van der Waals surface area contributed by atoms with E-state index in [0.717, 1.165) is 11.1 Å². The number of aliphatic hydroxyl groups is 1. The van der Waals surface area contributed by atoms with Gasteiger partial charge in [0.05, 0.1) is 12.6 Å². The summed E-state index contributed by atoms with van der Waals surface area (Å²) in [6, 6.07) is 1.51. The lowest BCUT2D eigenvalue weighted by Gasteiger charge is -2.37. The van der Waals surface area contributed by atoms with Gasteiger partial charge in [-0.1, -0.05) is 19.1 Å². The fraction of sp³-hybridized carbons (Fsp3) is 0.478. The Bertz CT molecular complexity index is 905. The van der Waals surface area contributed by atoms with Crippen LogP contribution in [-0.4, -0.2) is 74.7 Å². The molecule has 3 rings (SSSR count). The molecule has 2 aromatic heterocycles. The van der Waals surface area contributed by atoms with E-state index in [-0.39, 0.29) is 30.6 Å². The second-order valence-corrected chi connectivity index (χ2v) is 8.19. The van der Waals surface area contributed by atoms with E-state index in [2.05, 4.69) is 26.8 Å². The highest BCUT2D eigenvalue weighted by Crippen LogP contribution is 2.27. The highest BCUT2D eigenvalue weighted by Gasteiger charge is 2.34. The van der Waals surface area contributed by atoms with Crippen LogP contribution in [0.3, 0.4) is 0 Å². The van der Waals surface area contributed by atoms with Crippen LogP contribution >= 0.6 is 0 Å². The van der Waals surface area contributed by atoms with Gasteiger partial charge in [-0.05, 0) is 32.5 Å². The summed E-state index contributed by atoms with van der Waals surface area (Å²) in [6.45, 7) is 7.55. The van der Waals surface area contributed by atoms with Crippen LogP contribution in [0.2, 0.25) is 0 Å². The smallest absolute Gasteiger partial charge is 0.259 e. The van der Waals surface area contributed by atoms with Crippen molar-refractivity contribution < 1.29 is 14.6 Å². The molecule has 3 heterocycles. The van der Waals surface area contributed by atoms with Gasteiger partial charge in [-0.25, -0.2) is 15.0 Å². The minimum atomic E-state index is -0.300. The monoisotopic (exact) mass is 425 g/mol. The van der Waals surface area contributed by atoms with Crippen molar-refractivity contribution in [2.45, 2.75) is 39.5 Å². The van der Waals surface area contributed by atoms with Gasteiger partial charge >= 0.3 is 0 Å². The van der Waals surface area contributed by atoms with Gasteiger partial charge < -0.3 is 14.7 Å². The average Bonchev–Trinajstić information content (AvgIpc) is 2.77. The molecule has 8 heteroatoms. The summed E-state index contributed by atoms with van der Waals surface area (Å²) in [4.78, 5) is 29.8. The summed E-state index contributed by atoms with van der Waals surface area (Å²) in [6.07, 6.45) is 10.4. The molecule has 0 aliphatic carbocycles. The molecule has 2 aromatic rings. The zero-order valence-corrected chi connectivity index (χ0v) is 18.6. The first-order valence-corrected chi connectivity index (χ1v) is 10.6. The minimum absolute atomic E-state index is 0.0394. The van der Waals surface area contributed by atoms with E-state index < -0.39 is 0 Å². The van der Waals surface area contributed by atoms with Gasteiger partial charge in [0, 0.05) is 49.7 Å². The molecular weight excluding hydrogens is 394 g/mol. The number of aliphatic hydroxyl groups excluding tert-OH is 1. The summed E-state index contributed by atoms with van der Waals surface area (Å²) in [7, 11) is 2.02. The van der Waals surface area contributed by atoms with Crippen molar-refractivity contribution in [1.29, 1.82) is 0 Å². The number of hydrogen-bond donors (Lipinski definition) is 1. The standard InChI is InChI=1S/C23H31N5O3/c1-5-6-18-7-20-22(26-10-18)31-21(13-27(4)12-19-8-24-15-25-9-19)16(2)11-28(23(20)30)17(3)14-29/h5-10,15-17,21,29H,11-14H2,1-4H3/b6-5+/t16-,17+,21-/m1/s1. The van der Waals surface area contributed by atoms with Gasteiger partial charge in [0.25, 0.3) is 5.91 Å². The molecule has 0 fully saturated rings. The summed E-state index contributed by atoms with van der Waals surface area (Å²) in [5, 5.41) is 9.74. The normalized spacial score (nSPS) is 20.3. The van der Waals surface area contributed by atoms with E-state index >= 15 is 0 Å². The maximum absolute atomic E-state index is 13.3. The van der Waals surface area contributed by atoms with Crippen LogP contribution in [-0.2, 0) is 6.54 Å². The summed E-state index contributed by atoms with van der Waals surface area (Å²) >= 11 is 0. The number of aromatic nitrogens is 3. The summed E-state index contributed by atoms with van der Waals surface area (Å²) < 4.78 is 6.30. The van der Waals surface area contributed by atoms with Crippen molar-refractivity contribution in [2.75, 3.05) is 26.7 Å². The molecule has 3 atom stereocenters. The molecule has 0 saturated heterocycles. The van der Waals surface area contributed by atoms with Crippen molar-refractivity contribution in [1.82, 2.24) is 24.8 Å². The fourth-order valence-corrected chi connectivity index (χ4v) is 3.71. The lowest BCUT2D eigenvalue weighted by atomic mass is 9.99. The highest BCUT2D eigenvalue weighted by atomic mass is 16.5. The molecule has 0 radical (unpaired) electrons. The van der Waals surface area contributed by atoms with Crippen molar-refractivity contribution in [3.05, 3.63) is 53.8 Å². The van der Waals surface area contributed by atoms with Gasteiger partial charge in [0.2, 0.25) is 5.88 Å². The molecule has 1 aliphatic rings. The van der Waals surface area contributed by atoms with Crippen molar-refractivity contribution in [2.24, 2.45) is 5.92 Å². The minimum Gasteiger partial charge on any atom is -0.472 e. The Morgan fingerprint density at radius 1 is 1.35 bits per heavy atom. The highest BCUT2D eigenvalue weighted by molar-refractivity contribution is 5.97. The predicted octanol–water partition coefficient (Wildman–Crippen LogP) is 2.26. The van der Waals surface area contributed by atoms with Gasteiger partial charge in [-0.15, -0.1) is 0 Å². The third kappa shape index (κ3) is 5.65. The molecule has 0 bridgehead atoms. The van der Waals surface area contributed by atoms with Crippen LogP contribution in [0.1, 0.15) is 42.3 Å². The number of allylic oxidation sites excluding steroid dienone is 1. The van der Waals surface area contributed by atoms with Crippen molar-refractivity contribution in [3.8, 4) is 5.88 Å². The molecule has 1 N–H and O–H groups in total. The summed E-state index contributed by atoms with van der Waals surface area (Å²) in [5.41, 5.74) is 2.27. The first kappa shape index (κ1) is 22.8. The molecule has 1 aliphatic heterocycles. The second-order valence-electron chi connectivity index (χ2n) is 8.19. The van der Waals surface area contributed by atoms with Crippen LogP contribution in [0.15, 0.2) is 37.1 Å². The molecule has 31 heavy (non-hydrogen) atoms. The zero-order chi connectivity index (χ0) is 22.4. The number of likely N-dealkylation sites (N-methyl/N-ethyl adjacent to an activating group) is 1. The maximum Gasteiger partial charge on any atom is 0.259 e. The summed E-state index contributed by atoms with van der Waals surface area (Å²) in [5.74, 6) is 0.203. The Morgan fingerprint density at radius 2 is 2.10 bits per heavy atom. The first-order valence-electron chi connectivity index (χ1n) is 10.6. The van der Waals surface area contributed by atoms with Crippen LogP contribution in [0, 0.1) is 5.92 Å². The second kappa shape index (κ2) is 10.5. The van der Waals surface area contributed by atoms with Gasteiger partial charge in [-0.2, -0.15) is 0 Å². The lowest BCUT2D eigenvalue weighted by molar-refractivity contribution is 0.0325. The molecular formula is C23H31N5O3. The molecule has 0 aromatic carbocycles. The SMILES string of the molecule is C/C=C/c1cnc2c(c1)C(=O)N([C@@H](C)CO)C[C@@H](C)[C@@H](CN(C)Cc1cncnc1)O2. The topological polar surface area (TPSA) is 91.7 Å². The number of rotatable bonds is 7. The number of ether oxygens (including phenoxy) is 1. The number of nitrogens with zero attached hydrogens (tertiary/aromatic N) is 5. The Hall–Kier alpha value is -2.84. The quantitative estimate of drug-likeness (QED) is 0.727. The van der Waals surface area contributed by atoms with E-state index in [9.17, 15) is 9.90 Å². The molecule has 0 saturated carbocycles. The number of hydrogen-bond acceptors (Lipinski definition) is 7. The lowest BCUT2D eigenvalue weighted by Crippen LogP contribution is -2.49. The van der Waals surface area contributed by atoms with E-state index in [1.165, 1.54) is 6.33 Å². The molecule has 0 unspecified atom stereocenters. The maximum atomic E-state index is 13.3. The third-order valence-electron chi connectivity index (χ3n) is 5.46. The van der Waals surface area contributed by atoms with E-state index in [4.69, 9.17) is 4.74 Å². The van der Waals surface area contributed by atoms with E-state index in [1.807, 2.05) is 33.0 Å². The zero-order valence-electron chi connectivity index (χ0n) is 18.6. The number of fused-ring (bicyclic) bond motifs is 1. The molecule has 166 valence electrons. The van der Waals surface area contributed by atoms with Gasteiger partial charge in [0.15, 0.2) is 0 Å². The first-order chi connectivity index (χ1) is 14.9. The van der Waals surface area contributed by atoms with Gasteiger partial charge in [-0.3, -0.25) is 9.69 Å².